The SMILES string of the molecule is CCCCCCCCCOC(=O)C(=O)CCCCCCCCC.[NaH]. The number of Topliss-reactive ketones (excluding diaryl/α,β-unsaturated/α-hetero) is 1. The second-order valence-electron chi connectivity index (χ2n) is 6.55. The molecule has 0 aliphatic rings. The molecule has 4 heteroatoms. The van der Waals surface area contributed by atoms with Crippen molar-refractivity contribution in [1.29, 1.82) is 0 Å². The van der Waals surface area contributed by atoms with E-state index in [4.69, 9.17) is 4.74 Å². The van der Waals surface area contributed by atoms with Crippen LogP contribution in [-0.4, -0.2) is 47.9 Å². The zero-order valence-electron chi connectivity index (χ0n) is 15.5. The predicted octanol–water partition coefficient (Wildman–Crippen LogP) is 5.34. The van der Waals surface area contributed by atoms with Crippen LogP contribution in [0.3, 0.4) is 0 Å². The average molecular weight is 351 g/mol. The zero-order chi connectivity index (χ0) is 17.2. The number of ether oxygens (including phenoxy) is 1. The van der Waals surface area contributed by atoms with Gasteiger partial charge < -0.3 is 4.74 Å². The Hall–Kier alpha value is 0.140. The van der Waals surface area contributed by atoms with E-state index < -0.39 is 5.97 Å². The fourth-order valence-electron chi connectivity index (χ4n) is 2.65. The number of rotatable bonds is 17. The van der Waals surface area contributed by atoms with Gasteiger partial charge in [0.05, 0.1) is 6.61 Å². The Morgan fingerprint density at radius 2 is 1.04 bits per heavy atom. The van der Waals surface area contributed by atoms with Crippen LogP contribution in [0.2, 0.25) is 0 Å². The van der Waals surface area contributed by atoms with Crippen LogP contribution in [-0.2, 0) is 14.3 Å². The van der Waals surface area contributed by atoms with E-state index in [-0.39, 0.29) is 35.3 Å². The molecule has 24 heavy (non-hydrogen) atoms. The van der Waals surface area contributed by atoms with Crippen LogP contribution in [0, 0.1) is 0 Å². The molecule has 0 heterocycles. The summed E-state index contributed by atoms with van der Waals surface area (Å²) < 4.78 is 5.05. The molecule has 3 nitrogen and oxygen atoms in total. The molecule has 0 saturated heterocycles. The fraction of sp³-hybridized carbons (Fsp3) is 0.900. The summed E-state index contributed by atoms with van der Waals surface area (Å²) in [7, 11) is 0. The summed E-state index contributed by atoms with van der Waals surface area (Å²) >= 11 is 0. The minimum atomic E-state index is -0.623. The summed E-state index contributed by atoms with van der Waals surface area (Å²) in [5.74, 6) is -0.969. The predicted molar refractivity (Wildman–Crippen MR) is 104 cm³/mol. The Kier molecular flexibility index (Phi) is 23.3. The molecule has 0 aliphatic heterocycles. The molecule has 0 rings (SSSR count). The summed E-state index contributed by atoms with van der Waals surface area (Å²) in [5, 5.41) is 0. The molecule has 138 valence electrons. The van der Waals surface area contributed by atoms with E-state index in [0.29, 0.717) is 13.0 Å². The van der Waals surface area contributed by atoms with Crippen molar-refractivity contribution >= 4 is 41.3 Å². The molecule has 0 radical (unpaired) electrons. The number of hydrogen-bond acceptors (Lipinski definition) is 3. The normalized spacial score (nSPS) is 10.2. The van der Waals surface area contributed by atoms with E-state index in [9.17, 15) is 9.59 Å². The van der Waals surface area contributed by atoms with Gasteiger partial charge in [-0.05, 0) is 12.8 Å². The Bertz CT molecular complexity index is 293. The van der Waals surface area contributed by atoms with Crippen LogP contribution < -0.4 is 0 Å². The van der Waals surface area contributed by atoms with Crippen molar-refractivity contribution < 1.29 is 14.3 Å². The first-order chi connectivity index (χ1) is 11.2. The van der Waals surface area contributed by atoms with Crippen LogP contribution in [0.5, 0.6) is 0 Å². The Morgan fingerprint density at radius 1 is 0.625 bits per heavy atom. The van der Waals surface area contributed by atoms with Crippen molar-refractivity contribution in [1.82, 2.24) is 0 Å². The van der Waals surface area contributed by atoms with E-state index in [1.807, 2.05) is 0 Å². The summed E-state index contributed by atoms with van der Waals surface area (Å²) in [6, 6.07) is 0. The first-order valence-corrected chi connectivity index (χ1v) is 9.92. The molecule has 0 saturated carbocycles. The Balaban J connectivity index is 0. The van der Waals surface area contributed by atoms with Crippen molar-refractivity contribution in [2.24, 2.45) is 0 Å². The van der Waals surface area contributed by atoms with Crippen LogP contribution in [0.15, 0.2) is 0 Å². The van der Waals surface area contributed by atoms with Crippen molar-refractivity contribution in [2.75, 3.05) is 6.61 Å². The maximum atomic E-state index is 11.6. The summed E-state index contributed by atoms with van der Waals surface area (Å²) in [6.45, 7) is 4.81. The molecule has 0 aromatic carbocycles. The topological polar surface area (TPSA) is 43.4 Å². The van der Waals surface area contributed by atoms with Gasteiger partial charge in [0.15, 0.2) is 0 Å². The van der Waals surface area contributed by atoms with E-state index in [1.54, 1.807) is 0 Å². The van der Waals surface area contributed by atoms with Crippen LogP contribution >= 0.6 is 0 Å². The van der Waals surface area contributed by atoms with Gasteiger partial charge in [-0.2, -0.15) is 0 Å². The summed E-state index contributed by atoms with van der Waals surface area (Å²) in [5.41, 5.74) is 0. The Labute approximate surface area is 172 Å². The third kappa shape index (κ3) is 18.5. The van der Waals surface area contributed by atoms with E-state index in [2.05, 4.69) is 13.8 Å². The van der Waals surface area contributed by atoms with Gasteiger partial charge in [-0.15, -0.1) is 0 Å². The molecular weight excluding hydrogens is 311 g/mol. The molecule has 0 atom stereocenters. The molecular formula is C20H39NaO3. The van der Waals surface area contributed by atoms with Crippen LogP contribution in [0.4, 0.5) is 0 Å². The number of hydrogen-bond donors (Lipinski definition) is 0. The van der Waals surface area contributed by atoms with Gasteiger partial charge >= 0.3 is 35.5 Å². The molecule has 0 aromatic rings. The first kappa shape index (κ1) is 26.4. The van der Waals surface area contributed by atoms with Crippen molar-refractivity contribution in [3.8, 4) is 0 Å². The van der Waals surface area contributed by atoms with Gasteiger partial charge in [-0.3, -0.25) is 4.79 Å². The molecule has 0 amide bonds. The Morgan fingerprint density at radius 3 is 1.54 bits per heavy atom. The van der Waals surface area contributed by atoms with Crippen molar-refractivity contribution in [3.05, 3.63) is 0 Å². The average Bonchev–Trinajstić information content (AvgIpc) is 2.56. The van der Waals surface area contributed by atoms with Gasteiger partial charge in [-0.25, -0.2) is 4.79 Å². The van der Waals surface area contributed by atoms with Crippen LogP contribution in [0.1, 0.15) is 110 Å². The van der Waals surface area contributed by atoms with Crippen molar-refractivity contribution in [2.45, 2.75) is 110 Å². The van der Waals surface area contributed by atoms with Gasteiger partial charge in [0, 0.05) is 6.42 Å². The number of unbranched alkanes of at least 4 members (excludes halogenated alkanes) is 12. The molecule has 0 aliphatic carbocycles. The fourth-order valence-corrected chi connectivity index (χ4v) is 2.65. The van der Waals surface area contributed by atoms with Gasteiger partial charge in [-0.1, -0.05) is 90.9 Å². The second-order valence-corrected chi connectivity index (χ2v) is 6.55. The molecule has 0 bridgehead atoms. The van der Waals surface area contributed by atoms with Crippen LogP contribution in [0.25, 0.3) is 0 Å². The second kappa shape index (κ2) is 21.2. The monoisotopic (exact) mass is 350 g/mol. The minimum absolute atomic E-state index is 0. The molecule has 0 unspecified atom stereocenters. The maximum absolute atomic E-state index is 11.6. The van der Waals surface area contributed by atoms with Crippen molar-refractivity contribution in [3.63, 3.8) is 0 Å². The molecule has 0 N–H and O–H groups in total. The summed E-state index contributed by atoms with van der Waals surface area (Å²) in [6.07, 6.45) is 16.7. The number of esters is 1. The number of carbonyl (C=O) groups is 2. The molecule has 0 spiro atoms. The van der Waals surface area contributed by atoms with Gasteiger partial charge in [0.1, 0.15) is 0 Å². The third-order valence-electron chi connectivity index (χ3n) is 4.22. The third-order valence-corrected chi connectivity index (χ3v) is 4.22. The number of ketones is 1. The molecule has 0 fully saturated rings. The van der Waals surface area contributed by atoms with E-state index >= 15 is 0 Å². The van der Waals surface area contributed by atoms with E-state index in [0.717, 1.165) is 25.7 Å². The molecule has 0 aromatic heterocycles. The zero-order valence-corrected chi connectivity index (χ0v) is 15.5. The van der Waals surface area contributed by atoms with E-state index in [1.165, 1.54) is 64.2 Å². The van der Waals surface area contributed by atoms with Gasteiger partial charge in [0.25, 0.3) is 0 Å². The van der Waals surface area contributed by atoms with Gasteiger partial charge in [0.2, 0.25) is 5.78 Å². The standard InChI is InChI=1S/C20H38O3.Na.H/c1-3-5-7-9-11-13-15-17-19(21)20(22)23-18-16-14-12-10-8-6-4-2;;/h3-18H2,1-2H3;;. The quantitative estimate of drug-likeness (QED) is 0.154. The summed E-state index contributed by atoms with van der Waals surface area (Å²) in [4.78, 5) is 23.2. The number of carbonyl (C=O) groups excluding carboxylic acids is 2. The first-order valence-electron chi connectivity index (χ1n) is 9.92.